The van der Waals surface area contributed by atoms with Crippen LogP contribution < -0.4 is 5.73 Å². The molecule has 0 spiro atoms. The molecule has 0 aromatic heterocycles. The highest BCUT2D eigenvalue weighted by atomic mass is 35.5. The first kappa shape index (κ1) is 8.08. The van der Waals surface area contributed by atoms with Crippen LogP contribution in [0.3, 0.4) is 0 Å². The molecule has 1 amide bonds. The minimum Gasteiger partial charge on any atom is -0.271 e. The van der Waals surface area contributed by atoms with E-state index in [0.717, 1.165) is 0 Å². The largest absolute Gasteiger partial charge is 0.271 e. The van der Waals surface area contributed by atoms with Crippen molar-refractivity contribution in [1.82, 2.24) is 5.73 Å². The molecule has 0 fully saturated rings. The molecule has 0 aliphatic rings. The molecule has 0 bridgehead atoms. The second-order valence-corrected chi connectivity index (χ2v) is 2.57. The highest BCUT2D eigenvalue weighted by Crippen LogP contribution is 2.18. The molecule has 1 atom stereocenters. The molecule has 3 heteroatoms. The maximum atomic E-state index is 10.5. The van der Waals surface area contributed by atoms with E-state index in [-0.39, 0.29) is 0 Å². The van der Waals surface area contributed by atoms with Crippen LogP contribution >= 0.6 is 11.6 Å². The third-order valence-electron chi connectivity index (χ3n) is 1.32. The number of nitrogens with one attached hydrogen (secondary N) is 1. The molecule has 11 heavy (non-hydrogen) atoms. The molecule has 1 rings (SSSR count). The van der Waals surface area contributed by atoms with Gasteiger partial charge in [-0.15, -0.1) is 11.6 Å². The summed E-state index contributed by atoms with van der Waals surface area (Å²) in [6, 6.07) is 8.86. The van der Waals surface area contributed by atoms with Crippen LogP contribution in [-0.2, 0) is 4.79 Å². The molecule has 0 heterocycles. The van der Waals surface area contributed by atoms with Gasteiger partial charge < -0.3 is 0 Å². The first-order chi connectivity index (χ1) is 5.22. The normalized spacial score (nSPS) is 12.5. The highest BCUT2D eigenvalue weighted by molar-refractivity contribution is 6.30. The molecule has 1 unspecified atom stereocenters. The molecule has 0 saturated carbocycles. The van der Waals surface area contributed by atoms with E-state index in [4.69, 9.17) is 17.3 Å². The predicted molar refractivity (Wildman–Crippen MR) is 43.1 cm³/mol. The SMILES string of the molecule is [NH]C(=O)C(Cl)c1ccccc1. The monoisotopic (exact) mass is 168 g/mol. The number of hydrogen-bond donors (Lipinski definition) is 0. The van der Waals surface area contributed by atoms with Crippen molar-refractivity contribution in [3.8, 4) is 0 Å². The van der Waals surface area contributed by atoms with Gasteiger partial charge in [0.25, 0.3) is 5.91 Å². The zero-order valence-corrected chi connectivity index (χ0v) is 6.51. The van der Waals surface area contributed by atoms with E-state index in [0.29, 0.717) is 5.56 Å². The molecule has 1 aromatic rings. The van der Waals surface area contributed by atoms with Gasteiger partial charge in [0.2, 0.25) is 0 Å². The zero-order chi connectivity index (χ0) is 8.27. The van der Waals surface area contributed by atoms with Gasteiger partial charge in [-0.3, -0.25) is 10.5 Å². The maximum absolute atomic E-state index is 10.5. The fourth-order valence-corrected chi connectivity index (χ4v) is 0.919. The lowest BCUT2D eigenvalue weighted by molar-refractivity contribution is -0.118. The van der Waals surface area contributed by atoms with E-state index in [1.54, 1.807) is 24.3 Å². The molecule has 1 radical (unpaired) electrons. The summed E-state index contributed by atoms with van der Waals surface area (Å²) in [5.74, 6) is -0.766. The molecule has 0 aliphatic carbocycles. The topological polar surface area (TPSA) is 40.9 Å². The summed E-state index contributed by atoms with van der Waals surface area (Å²) < 4.78 is 0. The Balaban J connectivity index is 2.85. The highest BCUT2D eigenvalue weighted by Gasteiger charge is 2.13. The molecule has 0 saturated heterocycles. The van der Waals surface area contributed by atoms with Crippen molar-refractivity contribution in [3.05, 3.63) is 35.9 Å². The molecule has 57 valence electrons. The van der Waals surface area contributed by atoms with Gasteiger partial charge in [-0.1, -0.05) is 30.3 Å². The molecule has 1 N–H and O–H groups in total. The minimum atomic E-state index is -0.823. The van der Waals surface area contributed by atoms with Crippen LogP contribution in [0.1, 0.15) is 10.9 Å². The number of hydrogen-bond acceptors (Lipinski definition) is 1. The minimum absolute atomic E-state index is 0.675. The van der Waals surface area contributed by atoms with Crippen molar-refractivity contribution in [2.24, 2.45) is 0 Å². The van der Waals surface area contributed by atoms with E-state index in [2.05, 4.69) is 0 Å². The summed E-state index contributed by atoms with van der Waals surface area (Å²) in [5.41, 5.74) is 7.43. The van der Waals surface area contributed by atoms with E-state index in [1.165, 1.54) is 0 Å². The third-order valence-corrected chi connectivity index (χ3v) is 1.77. The van der Waals surface area contributed by atoms with Crippen molar-refractivity contribution in [1.29, 1.82) is 0 Å². The van der Waals surface area contributed by atoms with E-state index in [1.807, 2.05) is 6.07 Å². The fraction of sp³-hybridized carbons (Fsp3) is 0.125. The number of amides is 1. The third kappa shape index (κ3) is 1.95. The van der Waals surface area contributed by atoms with Gasteiger partial charge in [-0.25, -0.2) is 0 Å². The lowest BCUT2D eigenvalue weighted by Crippen LogP contribution is -2.06. The van der Waals surface area contributed by atoms with Crippen molar-refractivity contribution >= 4 is 17.5 Å². The maximum Gasteiger partial charge on any atom is 0.260 e. The van der Waals surface area contributed by atoms with Crippen molar-refractivity contribution in [3.63, 3.8) is 0 Å². The van der Waals surface area contributed by atoms with Crippen LogP contribution in [0.5, 0.6) is 0 Å². The van der Waals surface area contributed by atoms with E-state index < -0.39 is 11.3 Å². The predicted octanol–water partition coefficient (Wildman–Crippen LogP) is 1.78. The lowest BCUT2D eigenvalue weighted by atomic mass is 10.1. The first-order valence-electron chi connectivity index (χ1n) is 3.16. The average Bonchev–Trinajstić information content (AvgIpc) is 2.05. The molecule has 2 nitrogen and oxygen atoms in total. The Morgan fingerprint density at radius 1 is 1.36 bits per heavy atom. The number of carbonyl (C=O) groups is 1. The van der Waals surface area contributed by atoms with Crippen molar-refractivity contribution < 1.29 is 4.79 Å². The van der Waals surface area contributed by atoms with Crippen LogP contribution in [0, 0.1) is 0 Å². The standard InChI is InChI=1S/C8H7ClNO/c9-7(8(10)11)6-4-2-1-3-5-6/h1-5,7,10H. The quantitative estimate of drug-likeness (QED) is 0.621. The summed E-state index contributed by atoms with van der Waals surface area (Å²) in [4.78, 5) is 10.5. The summed E-state index contributed by atoms with van der Waals surface area (Å²) in [6.45, 7) is 0. The van der Waals surface area contributed by atoms with E-state index in [9.17, 15) is 4.79 Å². The van der Waals surface area contributed by atoms with Crippen molar-refractivity contribution in [2.45, 2.75) is 5.38 Å². The van der Waals surface area contributed by atoms with E-state index >= 15 is 0 Å². The molecular weight excluding hydrogens is 162 g/mol. The Morgan fingerprint density at radius 3 is 2.36 bits per heavy atom. The number of halogens is 1. The smallest absolute Gasteiger partial charge is 0.260 e. The number of alkyl halides is 1. The second kappa shape index (κ2) is 3.39. The van der Waals surface area contributed by atoms with Crippen LogP contribution in [0.2, 0.25) is 0 Å². The van der Waals surface area contributed by atoms with Crippen LogP contribution in [0.15, 0.2) is 30.3 Å². The Labute approximate surface area is 70.0 Å². The van der Waals surface area contributed by atoms with Gasteiger partial charge >= 0.3 is 0 Å². The number of carbonyl (C=O) groups excluding carboxylic acids is 1. The van der Waals surface area contributed by atoms with Gasteiger partial charge in [0.1, 0.15) is 5.38 Å². The first-order valence-corrected chi connectivity index (χ1v) is 3.60. The Kier molecular flexibility index (Phi) is 2.49. The van der Waals surface area contributed by atoms with Crippen molar-refractivity contribution in [2.75, 3.05) is 0 Å². The van der Waals surface area contributed by atoms with Crippen LogP contribution in [-0.4, -0.2) is 5.91 Å². The Bertz CT molecular complexity index is 248. The average molecular weight is 169 g/mol. The molecule has 1 aromatic carbocycles. The summed E-state index contributed by atoms with van der Waals surface area (Å²) >= 11 is 5.60. The lowest BCUT2D eigenvalue weighted by Gasteiger charge is -2.02. The van der Waals surface area contributed by atoms with Gasteiger partial charge in [-0.05, 0) is 5.56 Å². The summed E-state index contributed by atoms with van der Waals surface area (Å²) in [6.07, 6.45) is 0. The summed E-state index contributed by atoms with van der Waals surface area (Å²) in [7, 11) is 0. The van der Waals surface area contributed by atoms with Gasteiger partial charge in [0.05, 0.1) is 0 Å². The van der Waals surface area contributed by atoms with Gasteiger partial charge in [0, 0.05) is 0 Å². The van der Waals surface area contributed by atoms with Gasteiger partial charge in [0.15, 0.2) is 0 Å². The van der Waals surface area contributed by atoms with Crippen LogP contribution in [0.4, 0.5) is 0 Å². The fourth-order valence-electron chi connectivity index (χ4n) is 0.773. The second-order valence-electron chi connectivity index (χ2n) is 2.14. The molecular formula is C8H7ClNO. The number of rotatable bonds is 2. The Morgan fingerprint density at radius 2 is 1.91 bits per heavy atom. The molecule has 0 aliphatic heterocycles. The van der Waals surface area contributed by atoms with Gasteiger partial charge in [-0.2, -0.15) is 0 Å². The Hall–Kier alpha value is -1.02. The number of benzene rings is 1. The van der Waals surface area contributed by atoms with Crippen LogP contribution in [0.25, 0.3) is 0 Å². The summed E-state index contributed by atoms with van der Waals surface area (Å²) in [5, 5.41) is -0.823. The zero-order valence-electron chi connectivity index (χ0n) is 5.75.